The first-order valence-corrected chi connectivity index (χ1v) is 14.0. The monoisotopic (exact) mass is 583 g/mol. The van der Waals surface area contributed by atoms with Crippen LogP contribution in [0, 0.1) is 0 Å². The van der Waals surface area contributed by atoms with Gasteiger partial charge in [0.25, 0.3) is 11.8 Å². The van der Waals surface area contributed by atoms with E-state index in [9.17, 15) is 19.2 Å². The highest BCUT2D eigenvalue weighted by Crippen LogP contribution is 2.43. The maximum Gasteiger partial charge on any atom is 0.511 e. The minimum atomic E-state index is -1.28. The second-order valence-corrected chi connectivity index (χ2v) is 10.9. The van der Waals surface area contributed by atoms with Gasteiger partial charge in [-0.2, -0.15) is 0 Å². The smallest absolute Gasteiger partial charge is 0.431 e. The van der Waals surface area contributed by atoms with Crippen molar-refractivity contribution in [2.45, 2.75) is 63.5 Å². The number of hydrogen-bond donors (Lipinski definition) is 2. The van der Waals surface area contributed by atoms with Crippen LogP contribution in [0.2, 0.25) is 0 Å². The van der Waals surface area contributed by atoms with Crippen molar-refractivity contribution in [3.05, 3.63) is 22.3 Å². The number of esters is 1. The van der Waals surface area contributed by atoms with Crippen LogP contribution >= 0.6 is 23.1 Å². The first-order valence-electron chi connectivity index (χ1n) is 12.1. The molecule has 212 valence electrons. The van der Waals surface area contributed by atoms with Crippen molar-refractivity contribution in [1.29, 1.82) is 0 Å². The van der Waals surface area contributed by atoms with E-state index in [1.165, 1.54) is 30.7 Å². The van der Waals surface area contributed by atoms with Crippen molar-refractivity contribution in [2.75, 3.05) is 25.2 Å². The minimum absolute atomic E-state index is 0.0203. The summed E-state index contributed by atoms with van der Waals surface area (Å²) in [6.07, 6.45) is -1.56. The number of hydrogen-bond acceptors (Lipinski definition) is 14. The summed E-state index contributed by atoms with van der Waals surface area (Å²) in [5.74, 6) is -1.70. The van der Waals surface area contributed by atoms with Crippen LogP contribution in [0.3, 0.4) is 0 Å². The molecular formula is C23H29N5O9S2. The molecule has 2 amide bonds. The summed E-state index contributed by atoms with van der Waals surface area (Å²) in [6.45, 7) is 5.19. The Kier molecular flexibility index (Phi) is 8.97. The molecule has 39 heavy (non-hydrogen) atoms. The number of nitrogen functional groups attached to an aromatic ring is 1. The van der Waals surface area contributed by atoms with Crippen LogP contribution in [0.25, 0.3) is 0 Å². The highest BCUT2D eigenvalue weighted by Gasteiger charge is 2.55. The zero-order valence-electron chi connectivity index (χ0n) is 21.7. The fraction of sp³-hybridized carbons (Fsp3) is 0.565. The van der Waals surface area contributed by atoms with Crippen LogP contribution in [0.15, 0.2) is 21.8 Å². The molecular weight excluding hydrogens is 554 g/mol. The molecule has 4 rings (SSSR count). The van der Waals surface area contributed by atoms with Gasteiger partial charge in [0.2, 0.25) is 6.29 Å². The number of rotatable bonds is 9. The van der Waals surface area contributed by atoms with Gasteiger partial charge >= 0.3 is 12.1 Å². The maximum absolute atomic E-state index is 13.3. The fourth-order valence-electron chi connectivity index (χ4n) is 4.22. The molecule has 1 unspecified atom stereocenters. The number of amides is 2. The molecule has 0 aromatic carbocycles. The first-order chi connectivity index (χ1) is 18.6. The Morgan fingerprint density at radius 3 is 2.64 bits per heavy atom. The molecule has 3 N–H and O–H groups in total. The van der Waals surface area contributed by atoms with Crippen molar-refractivity contribution in [1.82, 2.24) is 15.2 Å². The number of thiazole rings is 1. The van der Waals surface area contributed by atoms with Gasteiger partial charge in [0.1, 0.15) is 29.9 Å². The maximum atomic E-state index is 13.3. The lowest BCUT2D eigenvalue weighted by Gasteiger charge is -2.50. The number of ether oxygens (including phenoxy) is 4. The Balaban J connectivity index is 1.51. The van der Waals surface area contributed by atoms with Crippen LogP contribution < -0.4 is 11.1 Å². The highest BCUT2D eigenvalue weighted by atomic mass is 32.2. The van der Waals surface area contributed by atoms with E-state index in [4.69, 9.17) is 29.5 Å². The van der Waals surface area contributed by atoms with Crippen LogP contribution in [-0.2, 0) is 38.2 Å². The number of fused-ring (bicyclic) bond motifs is 1. The topological polar surface area (TPSA) is 181 Å². The molecule has 1 aromatic rings. The third-order valence-electron chi connectivity index (χ3n) is 5.83. The van der Waals surface area contributed by atoms with Gasteiger partial charge < -0.3 is 34.8 Å². The zero-order valence-corrected chi connectivity index (χ0v) is 23.3. The summed E-state index contributed by atoms with van der Waals surface area (Å²) < 4.78 is 21.1. The van der Waals surface area contributed by atoms with Crippen molar-refractivity contribution >= 4 is 57.9 Å². The number of nitrogens with one attached hydrogen (secondary N) is 1. The van der Waals surface area contributed by atoms with Crippen LogP contribution in [0.1, 0.15) is 39.3 Å². The molecule has 0 bridgehead atoms. The standard InChI is InChI=1S/C23H29N5O9S2/c1-10(2)35-23(32)37-11(3)36-21(31)17-12(14-6-5-7-34-14)8-38-20-16(19(30)28(17)20)26-18(29)15(27-33-4)13-9-39-22(24)25-13/h9-11,14,16,20H,5-8H2,1-4H3,(H2,24,25)(H,26,29)/b27-15-/t11?,14-,16+,20+/m0/s1. The molecule has 3 aliphatic heterocycles. The number of aromatic nitrogens is 1. The van der Waals surface area contributed by atoms with Crippen LogP contribution in [-0.4, -0.2) is 88.9 Å². The Bertz CT molecular complexity index is 1190. The number of carbonyl (C=O) groups excluding carboxylic acids is 4. The average Bonchev–Trinajstić information content (AvgIpc) is 3.56. The normalized spacial score (nSPS) is 23.6. The molecule has 2 saturated heterocycles. The van der Waals surface area contributed by atoms with E-state index in [2.05, 4.69) is 15.5 Å². The molecule has 4 heterocycles. The number of carbonyl (C=O) groups is 4. The third kappa shape index (κ3) is 6.28. The second kappa shape index (κ2) is 12.2. The predicted molar refractivity (Wildman–Crippen MR) is 139 cm³/mol. The van der Waals surface area contributed by atoms with E-state index in [1.54, 1.807) is 19.2 Å². The largest absolute Gasteiger partial charge is 0.511 e. The number of anilines is 1. The minimum Gasteiger partial charge on any atom is -0.431 e. The number of nitrogens with two attached hydrogens (primary N) is 1. The Labute approximate surface area is 232 Å². The van der Waals surface area contributed by atoms with Crippen LogP contribution in [0.4, 0.5) is 9.93 Å². The quantitative estimate of drug-likeness (QED) is 0.140. The van der Waals surface area contributed by atoms with Gasteiger partial charge in [0, 0.05) is 24.7 Å². The van der Waals surface area contributed by atoms with Crippen molar-refractivity contribution < 1.29 is 43.0 Å². The second-order valence-electron chi connectivity index (χ2n) is 8.94. The molecule has 0 aliphatic carbocycles. The summed E-state index contributed by atoms with van der Waals surface area (Å²) in [6, 6.07) is -0.955. The molecule has 2 fully saturated rings. The Hall–Kier alpha value is -3.37. The third-order valence-corrected chi connectivity index (χ3v) is 7.80. The van der Waals surface area contributed by atoms with Gasteiger partial charge in [-0.3, -0.25) is 14.5 Å². The molecule has 0 saturated carbocycles. The van der Waals surface area contributed by atoms with Gasteiger partial charge in [0.05, 0.1) is 12.2 Å². The molecule has 4 atom stereocenters. The zero-order chi connectivity index (χ0) is 28.3. The van der Waals surface area contributed by atoms with E-state index in [1.807, 2.05) is 0 Å². The fourth-order valence-corrected chi connectivity index (χ4v) is 6.18. The van der Waals surface area contributed by atoms with Gasteiger partial charge in [0.15, 0.2) is 10.8 Å². The number of oxime groups is 1. The molecule has 0 radical (unpaired) electrons. The number of thioether (sulfide) groups is 1. The number of nitrogens with zero attached hydrogens (tertiary/aromatic N) is 3. The first kappa shape index (κ1) is 28.6. The van der Waals surface area contributed by atoms with E-state index >= 15 is 0 Å². The van der Waals surface area contributed by atoms with Gasteiger partial charge in [-0.1, -0.05) is 5.16 Å². The van der Waals surface area contributed by atoms with E-state index in [0.717, 1.165) is 17.8 Å². The van der Waals surface area contributed by atoms with E-state index in [-0.39, 0.29) is 28.3 Å². The van der Waals surface area contributed by atoms with Crippen molar-refractivity contribution in [3.63, 3.8) is 0 Å². The van der Waals surface area contributed by atoms with E-state index < -0.39 is 47.7 Å². The average molecular weight is 584 g/mol. The summed E-state index contributed by atoms with van der Waals surface area (Å²) >= 11 is 2.50. The lowest BCUT2D eigenvalue weighted by Crippen LogP contribution is -2.71. The molecule has 3 aliphatic rings. The lowest BCUT2D eigenvalue weighted by atomic mass is 9.99. The summed E-state index contributed by atoms with van der Waals surface area (Å²) in [5.41, 5.74) is 6.35. The summed E-state index contributed by atoms with van der Waals surface area (Å²) in [4.78, 5) is 61.6. The molecule has 16 heteroatoms. The lowest BCUT2D eigenvalue weighted by molar-refractivity contribution is -0.169. The Morgan fingerprint density at radius 2 is 2.03 bits per heavy atom. The van der Waals surface area contributed by atoms with Gasteiger partial charge in [-0.15, -0.1) is 23.1 Å². The van der Waals surface area contributed by atoms with E-state index in [0.29, 0.717) is 24.4 Å². The van der Waals surface area contributed by atoms with Crippen molar-refractivity contribution in [3.8, 4) is 0 Å². The summed E-state index contributed by atoms with van der Waals surface area (Å²) in [7, 11) is 1.28. The highest BCUT2D eigenvalue weighted by molar-refractivity contribution is 8.00. The molecule has 1 aromatic heterocycles. The molecule has 14 nitrogen and oxygen atoms in total. The van der Waals surface area contributed by atoms with Crippen LogP contribution in [0.5, 0.6) is 0 Å². The molecule has 0 spiro atoms. The van der Waals surface area contributed by atoms with Crippen molar-refractivity contribution in [2.24, 2.45) is 5.16 Å². The predicted octanol–water partition coefficient (Wildman–Crippen LogP) is 1.36. The SMILES string of the molecule is CO/N=C(\C(=O)N[C@@H]1C(=O)N2C(C(=O)OC(C)OC(=O)OC(C)C)=C([C@@H]3CCCO3)CS[C@H]12)c1csc(N)n1. The van der Waals surface area contributed by atoms with Gasteiger partial charge in [-0.25, -0.2) is 14.6 Å². The number of β-lactam (4-membered cyclic amide) rings is 1. The van der Waals surface area contributed by atoms with Gasteiger partial charge in [-0.05, 0) is 32.3 Å². The summed E-state index contributed by atoms with van der Waals surface area (Å²) in [5, 5.41) is 7.58. The Morgan fingerprint density at radius 1 is 1.26 bits per heavy atom.